The fraction of sp³-hybridized carbons (Fsp3) is 0.417. The number of likely N-dealkylation sites (N-methyl/N-ethyl adjacent to an activating group) is 1. The molecule has 0 aliphatic heterocycles. The highest BCUT2D eigenvalue weighted by molar-refractivity contribution is 9.10. The SMILES string of the molecule is CN(Cc1ccccc1Br)C(=O)COCCN. The third-order valence-electron chi connectivity index (χ3n) is 2.28. The first-order valence-corrected chi connectivity index (χ1v) is 6.19. The van der Waals surface area contributed by atoms with E-state index >= 15 is 0 Å². The van der Waals surface area contributed by atoms with E-state index in [1.54, 1.807) is 11.9 Å². The van der Waals surface area contributed by atoms with Crippen LogP contribution in [0.25, 0.3) is 0 Å². The van der Waals surface area contributed by atoms with E-state index in [1.165, 1.54) is 0 Å². The summed E-state index contributed by atoms with van der Waals surface area (Å²) in [4.78, 5) is 13.3. The van der Waals surface area contributed by atoms with E-state index < -0.39 is 0 Å². The summed E-state index contributed by atoms with van der Waals surface area (Å²) >= 11 is 3.45. The highest BCUT2D eigenvalue weighted by atomic mass is 79.9. The monoisotopic (exact) mass is 300 g/mol. The van der Waals surface area contributed by atoms with Crippen LogP contribution in [0.1, 0.15) is 5.56 Å². The van der Waals surface area contributed by atoms with E-state index in [2.05, 4.69) is 15.9 Å². The van der Waals surface area contributed by atoms with Gasteiger partial charge in [-0.2, -0.15) is 0 Å². The molecule has 0 unspecified atom stereocenters. The van der Waals surface area contributed by atoms with Crippen LogP contribution in [-0.2, 0) is 16.1 Å². The standard InChI is InChI=1S/C12H17BrN2O2/c1-15(12(16)9-17-7-6-14)8-10-4-2-3-5-11(10)13/h2-5H,6-9,14H2,1H3. The summed E-state index contributed by atoms with van der Waals surface area (Å²) in [6, 6.07) is 7.83. The number of ether oxygens (including phenoxy) is 1. The maximum Gasteiger partial charge on any atom is 0.248 e. The summed E-state index contributed by atoms with van der Waals surface area (Å²) in [6.45, 7) is 1.49. The summed E-state index contributed by atoms with van der Waals surface area (Å²) in [5.74, 6) is -0.0470. The second kappa shape index (κ2) is 7.42. The lowest BCUT2D eigenvalue weighted by Crippen LogP contribution is -2.30. The molecule has 0 aliphatic rings. The lowest BCUT2D eigenvalue weighted by molar-refractivity contribution is -0.135. The predicted molar refractivity (Wildman–Crippen MR) is 70.5 cm³/mol. The molecule has 1 amide bonds. The lowest BCUT2D eigenvalue weighted by atomic mass is 10.2. The van der Waals surface area contributed by atoms with Crippen LogP contribution < -0.4 is 5.73 Å². The quantitative estimate of drug-likeness (QED) is 0.808. The van der Waals surface area contributed by atoms with Gasteiger partial charge in [-0.25, -0.2) is 0 Å². The Kier molecular flexibility index (Phi) is 6.18. The highest BCUT2D eigenvalue weighted by Crippen LogP contribution is 2.17. The molecular formula is C12H17BrN2O2. The summed E-state index contributed by atoms with van der Waals surface area (Å²) in [6.07, 6.45) is 0. The molecule has 1 aromatic carbocycles. The fourth-order valence-corrected chi connectivity index (χ4v) is 1.73. The van der Waals surface area contributed by atoms with Crippen LogP contribution in [0, 0.1) is 0 Å². The molecule has 17 heavy (non-hydrogen) atoms. The zero-order chi connectivity index (χ0) is 12.7. The average Bonchev–Trinajstić information content (AvgIpc) is 2.32. The van der Waals surface area contributed by atoms with E-state index in [0.29, 0.717) is 19.7 Å². The first-order chi connectivity index (χ1) is 8.15. The lowest BCUT2D eigenvalue weighted by Gasteiger charge is -2.18. The highest BCUT2D eigenvalue weighted by Gasteiger charge is 2.10. The molecule has 2 N–H and O–H groups in total. The fourth-order valence-electron chi connectivity index (χ4n) is 1.32. The molecule has 5 heteroatoms. The van der Waals surface area contributed by atoms with Gasteiger partial charge in [0.05, 0.1) is 6.61 Å². The molecule has 1 aromatic rings. The number of carbonyl (C=O) groups is 1. The summed E-state index contributed by atoms with van der Waals surface area (Å²) in [7, 11) is 1.76. The summed E-state index contributed by atoms with van der Waals surface area (Å²) in [5, 5.41) is 0. The van der Waals surface area contributed by atoms with Crippen molar-refractivity contribution in [2.75, 3.05) is 26.8 Å². The largest absolute Gasteiger partial charge is 0.370 e. The number of carbonyl (C=O) groups excluding carboxylic acids is 1. The smallest absolute Gasteiger partial charge is 0.248 e. The number of halogens is 1. The number of amides is 1. The van der Waals surface area contributed by atoms with Gasteiger partial charge >= 0.3 is 0 Å². The van der Waals surface area contributed by atoms with Crippen LogP contribution in [-0.4, -0.2) is 37.6 Å². The Morgan fingerprint density at radius 3 is 2.82 bits per heavy atom. The van der Waals surface area contributed by atoms with Crippen molar-refractivity contribution in [1.82, 2.24) is 4.90 Å². The van der Waals surface area contributed by atoms with Gasteiger partial charge in [0.25, 0.3) is 0 Å². The van der Waals surface area contributed by atoms with Crippen LogP contribution in [0.2, 0.25) is 0 Å². The third kappa shape index (κ3) is 4.85. The van der Waals surface area contributed by atoms with Crippen molar-refractivity contribution in [3.05, 3.63) is 34.3 Å². The van der Waals surface area contributed by atoms with Crippen LogP contribution in [0.4, 0.5) is 0 Å². The third-order valence-corrected chi connectivity index (χ3v) is 3.05. The number of hydrogen-bond acceptors (Lipinski definition) is 3. The molecule has 0 atom stereocenters. The minimum absolute atomic E-state index is 0.0470. The molecule has 0 aliphatic carbocycles. The Bertz CT molecular complexity index is 371. The summed E-state index contributed by atoms with van der Waals surface area (Å²) in [5.41, 5.74) is 6.35. The van der Waals surface area contributed by atoms with E-state index in [1.807, 2.05) is 24.3 Å². The van der Waals surface area contributed by atoms with Crippen molar-refractivity contribution < 1.29 is 9.53 Å². The van der Waals surface area contributed by atoms with Gasteiger partial charge in [-0.1, -0.05) is 34.1 Å². The van der Waals surface area contributed by atoms with Crippen LogP contribution in [0.3, 0.4) is 0 Å². The molecule has 0 bridgehead atoms. The van der Waals surface area contributed by atoms with Crippen molar-refractivity contribution >= 4 is 21.8 Å². The molecule has 4 nitrogen and oxygen atoms in total. The van der Waals surface area contributed by atoms with Crippen LogP contribution in [0.15, 0.2) is 28.7 Å². The molecule has 0 fully saturated rings. The molecule has 94 valence electrons. The van der Waals surface area contributed by atoms with Crippen LogP contribution in [0.5, 0.6) is 0 Å². The van der Waals surface area contributed by atoms with E-state index in [-0.39, 0.29) is 12.5 Å². The number of benzene rings is 1. The maximum absolute atomic E-state index is 11.7. The van der Waals surface area contributed by atoms with Gasteiger partial charge in [-0.15, -0.1) is 0 Å². The minimum Gasteiger partial charge on any atom is -0.370 e. The molecule has 0 radical (unpaired) electrons. The Labute approximate surface area is 110 Å². The van der Waals surface area contributed by atoms with Gasteiger partial charge in [0.15, 0.2) is 0 Å². The molecular weight excluding hydrogens is 284 g/mol. The average molecular weight is 301 g/mol. The topological polar surface area (TPSA) is 55.6 Å². The van der Waals surface area contributed by atoms with Gasteiger partial charge in [0, 0.05) is 24.6 Å². The van der Waals surface area contributed by atoms with Gasteiger partial charge in [0.1, 0.15) is 6.61 Å². The zero-order valence-electron chi connectivity index (χ0n) is 9.86. The molecule has 0 heterocycles. The molecule has 0 saturated heterocycles. The van der Waals surface area contributed by atoms with Gasteiger partial charge < -0.3 is 15.4 Å². The zero-order valence-corrected chi connectivity index (χ0v) is 11.4. The second-order valence-corrected chi connectivity index (χ2v) is 4.54. The Hall–Kier alpha value is -0.910. The Morgan fingerprint density at radius 1 is 1.47 bits per heavy atom. The van der Waals surface area contributed by atoms with Gasteiger partial charge in [-0.05, 0) is 11.6 Å². The van der Waals surface area contributed by atoms with Crippen LogP contribution >= 0.6 is 15.9 Å². The Morgan fingerprint density at radius 2 is 2.18 bits per heavy atom. The predicted octanol–water partition coefficient (Wildman–Crippen LogP) is 1.38. The number of rotatable bonds is 6. The normalized spacial score (nSPS) is 10.3. The number of nitrogens with two attached hydrogens (primary N) is 1. The molecule has 0 saturated carbocycles. The molecule has 0 spiro atoms. The van der Waals surface area contributed by atoms with E-state index in [0.717, 1.165) is 10.0 Å². The molecule has 1 rings (SSSR count). The first kappa shape index (κ1) is 14.2. The first-order valence-electron chi connectivity index (χ1n) is 5.40. The Balaban J connectivity index is 2.46. The number of nitrogens with zero attached hydrogens (tertiary/aromatic N) is 1. The van der Waals surface area contributed by atoms with Crippen molar-refractivity contribution in [1.29, 1.82) is 0 Å². The van der Waals surface area contributed by atoms with Crippen molar-refractivity contribution in [3.63, 3.8) is 0 Å². The second-order valence-electron chi connectivity index (χ2n) is 3.68. The minimum atomic E-state index is -0.0470. The van der Waals surface area contributed by atoms with Gasteiger partial charge in [0.2, 0.25) is 5.91 Å². The van der Waals surface area contributed by atoms with Crippen molar-refractivity contribution in [3.8, 4) is 0 Å². The molecule has 0 aromatic heterocycles. The van der Waals surface area contributed by atoms with Crippen molar-refractivity contribution in [2.24, 2.45) is 5.73 Å². The van der Waals surface area contributed by atoms with E-state index in [4.69, 9.17) is 10.5 Å². The maximum atomic E-state index is 11.7. The van der Waals surface area contributed by atoms with Crippen molar-refractivity contribution in [2.45, 2.75) is 6.54 Å². The number of hydrogen-bond donors (Lipinski definition) is 1. The van der Waals surface area contributed by atoms with Gasteiger partial charge in [-0.3, -0.25) is 4.79 Å². The summed E-state index contributed by atoms with van der Waals surface area (Å²) < 4.78 is 6.11. The van der Waals surface area contributed by atoms with E-state index in [9.17, 15) is 4.79 Å².